The van der Waals surface area contributed by atoms with Gasteiger partial charge in [-0.05, 0) is 55.0 Å². The Morgan fingerprint density at radius 2 is 1.84 bits per heavy atom. The van der Waals surface area contributed by atoms with Gasteiger partial charge in [-0.3, -0.25) is 9.59 Å². The molecule has 1 amide bonds. The number of hydrogen-bond donors (Lipinski definition) is 2. The van der Waals surface area contributed by atoms with Crippen LogP contribution in [0.1, 0.15) is 11.1 Å². The second kappa shape index (κ2) is 9.90. The van der Waals surface area contributed by atoms with Crippen LogP contribution in [-0.2, 0) is 11.0 Å². The Labute approximate surface area is 218 Å². The lowest BCUT2D eigenvalue weighted by Gasteiger charge is -2.16. The van der Waals surface area contributed by atoms with E-state index in [1.54, 1.807) is 12.1 Å². The number of methoxy groups -OCH3 is 1. The number of carbonyl (C=O) groups excluding carboxylic acids is 1. The van der Waals surface area contributed by atoms with E-state index in [1.807, 2.05) is 37.3 Å². The van der Waals surface area contributed by atoms with E-state index < -0.39 is 17.6 Å². The second-order valence-electron chi connectivity index (χ2n) is 8.52. The largest absolute Gasteiger partial charge is 0.495 e. The van der Waals surface area contributed by atoms with Gasteiger partial charge in [-0.1, -0.05) is 36.0 Å². The summed E-state index contributed by atoms with van der Waals surface area (Å²) in [4.78, 5) is 34.4. The first-order chi connectivity index (χ1) is 18.2. The van der Waals surface area contributed by atoms with Gasteiger partial charge in [0.25, 0.3) is 5.56 Å². The van der Waals surface area contributed by atoms with Gasteiger partial charge in [0.05, 0.1) is 24.1 Å². The lowest BCUT2D eigenvalue weighted by atomic mass is 10.2. The fourth-order valence-corrected chi connectivity index (χ4v) is 4.89. The highest BCUT2D eigenvalue weighted by Gasteiger charge is 2.30. The van der Waals surface area contributed by atoms with E-state index in [2.05, 4.69) is 10.3 Å². The number of nitrogens with zero attached hydrogens (tertiary/aromatic N) is 2. The number of thioether (sulfide) groups is 1. The van der Waals surface area contributed by atoms with Crippen LogP contribution in [0.5, 0.6) is 5.75 Å². The van der Waals surface area contributed by atoms with Crippen LogP contribution in [0.4, 0.5) is 18.9 Å². The van der Waals surface area contributed by atoms with Crippen molar-refractivity contribution in [1.82, 2.24) is 14.5 Å². The van der Waals surface area contributed by atoms with Crippen LogP contribution in [0, 0.1) is 6.92 Å². The average Bonchev–Trinajstić information content (AvgIpc) is 3.26. The highest BCUT2D eigenvalue weighted by atomic mass is 32.2. The molecule has 0 aliphatic heterocycles. The third-order valence-electron chi connectivity index (χ3n) is 5.90. The summed E-state index contributed by atoms with van der Waals surface area (Å²) in [6, 6.07) is 17.0. The van der Waals surface area contributed by atoms with Crippen molar-refractivity contribution in [3.05, 3.63) is 88.2 Å². The van der Waals surface area contributed by atoms with Gasteiger partial charge < -0.3 is 15.0 Å². The van der Waals surface area contributed by atoms with E-state index in [1.165, 1.54) is 23.8 Å². The van der Waals surface area contributed by atoms with Crippen molar-refractivity contribution in [3.63, 3.8) is 0 Å². The molecule has 38 heavy (non-hydrogen) atoms. The monoisotopic (exact) mass is 538 g/mol. The quantitative estimate of drug-likeness (QED) is 0.207. The molecule has 0 fully saturated rings. The fraction of sp³-hybridized carbons (Fsp3) is 0.148. The third-order valence-corrected chi connectivity index (χ3v) is 6.84. The van der Waals surface area contributed by atoms with Gasteiger partial charge >= 0.3 is 6.18 Å². The predicted octanol–water partition coefficient (Wildman–Crippen LogP) is 5.93. The first-order valence-electron chi connectivity index (χ1n) is 11.4. The number of alkyl halides is 3. The normalized spacial score (nSPS) is 11.7. The number of halogens is 3. The molecule has 0 saturated carbocycles. The number of fused-ring (bicyclic) bond motifs is 3. The Morgan fingerprint density at radius 3 is 2.55 bits per heavy atom. The summed E-state index contributed by atoms with van der Waals surface area (Å²) in [5, 5.41) is 3.61. The number of aromatic nitrogens is 3. The van der Waals surface area contributed by atoms with Gasteiger partial charge in [-0.15, -0.1) is 0 Å². The number of ether oxygens (including phenoxy) is 1. The Morgan fingerprint density at radius 1 is 1.11 bits per heavy atom. The Hall–Kier alpha value is -4.25. The van der Waals surface area contributed by atoms with Crippen molar-refractivity contribution in [2.75, 3.05) is 18.2 Å². The summed E-state index contributed by atoms with van der Waals surface area (Å²) in [6.07, 6.45) is -4.47. The number of aryl methyl sites for hydroxylation is 1. The van der Waals surface area contributed by atoms with E-state index in [4.69, 9.17) is 9.72 Å². The summed E-state index contributed by atoms with van der Waals surface area (Å²) < 4.78 is 45.4. The van der Waals surface area contributed by atoms with Crippen LogP contribution in [-0.4, -0.2) is 33.3 Å². The van der Waals surface area contributed by atoms with Crippen molar-refractivity contribution in [2.24, 2.45) is 0 Å². The number of rotatable bonds is 6. The maximum absolute atomic E-state index is 13.8. The molecule has 7 nitrogen and oxygen atoms in total. The maximum Gasteiger partial charge on any atom is 0.416 e. The third kappa shape index (κ3) is 4.84. The van der Waals surface area contributed by atoms with Crippen molar-refractivity contribution in [2.45, 2.75) is 18.3 Å². The molecule has 5 rings (SSSR count). The van der Waals surface area contributed by atoms with Crippen molar-refractivity contribution in [3.8, 4) is 11.4 Å². The fourth-order valence-electron chi connectivity index (χ4n) is 4.10. The lowest BCUT2D eigenvalue weighted by molar-refractivity contribution is -0.137. The molecule has 0 atom stereocenters. The first kappa shape index (κ1) is 25.4. The van der Waals surface area contributed by atoms with Gasteiger partial charge in [-0.2, -0.15) is 13.2 Å². The molecule has 0 saturated heterocycles. The summed E-state index contributed by atoms with van der Waals surface area (Å²) in [5.41, 5.74) is 1.94. The number of aromatic amines is 1. The van der Waals surface area contributed by atoms with E-state index in [9.17, 15) is 22.8 Å². The van der Waals surface area contributed by atoms with Gasteiger partial charge in [0, 0.05) is 16.6 Å². The summed E-state index contributed by atoms with van der Waals surface area (Å²) in [5.74, 6) is -0.160. The zero-order valence-electron chi connectivity index (χ0n) is 20.2. The molecule has 0 radical (unpaired) electrons. The standard InChI is InChI=1S/C27H21F3N4O3S/c1-15-7-12-21(37-2)20(13-15)34-25(36)24-23(18-5-3-4-6-19(18)32-24)33-26(34)38-14-22(35)31-17-10-8-16(9-11-17)27(28,29)30/h3-13,32H,14H2,1-2H3,(H,31,35). The smallest absolute Gasteiger partial charge is 0.416 e. The minimum absolute atomic E-state index is 0.143. The SMILES string of the molecule is COc1ccc(C)cc1-n1c(SCC(=O)Nc2ccc(C(F)(F)F)cc2)nc2c([nH]c3ccccc32)c1=O. The number of benzene rings is 3. The molecule has 2 N–H and O–H groups in total. The predicted molar refractivity (Wildman–Crippen MR) is 141 cm³/mol. The van der Waals surface area contributed by atoms with Gasteiger partial charge in [0.1, 0.15) is 16.8 Å². The van der Waals surface area contributed by atoms with Gasteiger partial charge in [-0.25, -0.2) is 9.55 Å². The van der Waals surface area contributed by atoms with Crippen LogP contribution < -0.4 is 15.6 Å². The molecule has 0 aliphatic rings. The summed E-state index contributed by atoms with van der Waals surface area (Å²) in [6.45, 7) is 1.88. The molecule has 0 aliphatic carbocycles. The zero-order valence-corrected chi connectivity index (χ0v) is 21.0. The van der Waals surface area contributed by atoms with E-state index in [-0.39, 0.29) is 22.2 Å². The molecule has 3 aromatic carbocycles. The molecule has 5 aromatic rings. The van der Waals surface area contributed by atoms with E-state index in [0.29, 0.717) is 22.5 Å². The minimum Gasteiger partial charge on any atom is -0.495 e. The van der Waals surface area contributed by atoms with Crippen molar-refractivity contribution in [1.29, 1.82) is 0 Å². The Balaban J connectivity index is 1.53. The van der Waals surface area contributed by atoms with Crippen LogP contribution in [0.25, 0.3) is 27.6 Å². The van der Waals surface area contributed by atoms with Crippen LogP contribution in [0.2, 0.25) is 0 Å². The lowest BCUT2D eigenvalue weighted by Crippen LogP contribution is -2.23. The van der Waals surface area contributed by atoms with Crippen molar-refractivity contribution < 1.29 is 22.7 Å². The number of anilines is 1. The molecule has 0 spiro atoms. The summed E-state index contributed by atoms with van der Waals surface area (Å²) >= 11 is 1.03. The van der Waals surface area contributed by atoms with Crippen molar-refractivity contribution >= 4 is 45.3 Å². The van der Waals surface area contributed by atoms with Crippen LogP contribution in [0.15, 0.2) is 76.7 Å². The Kier molecular flexibility index (Phi) is 6.62. The number of amides is 1. The van der Waals surface area contributed by atoms with Gasteiger partial charge in [0.15, 0.2) is 5.16 Å². The highest BCUT2D eigenvalue weighted by Crippen LogP contribution is 2.31. The number of para-hydroxylation sites is 1. The summed E-state index contributed by atoms with van der Waals surface area (Å²) in [7, 11) is 1.50. The van der Waals surface area contributed by atoms with E-state index in [0.717, 1.165) is 40.4 Å². The molecule has 0 bridgehead atoms. The first-order valence-corrected chi connectivity index (χ1v) is 12.4. The molecule has 11 heteroatoms. The number of carbonyl (C=O) groups is 1. The van der Waals surface area contributed by atoms with Gasteiger partial charge in [0.2, 0.25) is 5.91 Å². The molecular formula is C27H21F3N4O3S. The molecule has 2 heterocycles. The number of nitrogens with one attached hydrogen (secondary N) is 2. The molecule has 194 valence electrons. The minimum atomic E-state index is -4.47. The molecular weight excluding hydrogens is 517 g/mol. The maximum atomic E-state index is 13.8. The Bertz CT molecular complexity index is 1730. The topological polar surface area (TPSA) is 89.0 Å². The van der Waals surface area contributed by atoms with Crippen LogP contribution in [0.3, 0.4) is 0 Å². The average molecular weight is 539 g/mol. The molecule has 2 aromatic heterocycles. The number of H-pyrrole nitrogens is 1. The molecule has 0 unspecified atom stereocenters. The van der Waals surface area contributed by atoms with Crippen LogP contribution >= 0.6 is 11.8 Å². The second-order valence-corrected chi connectivity index (χ2v) is 9.46. The zero-order chi connectivity index (χ0) is 27.0. The van der Waals surface area contributed by atoms with E-state index >= 15 is 0 Å². The highest BCUT2D eigenvalue weighted by molar-refractivity contribution is 7.99. The number of hydrogen-bond acceptors (Lipinski definition) is 5.